The molecule has 1 aromatic carbocycles. The summed E-state index contributed by atoms with van der Waals surface area (Å²) in [6.07, 6.45) is 2.66. The van der Waals surface area contributed by atoms with Gasteiger partial charge in [0, 0.05) is 23.9 Å². The third kappa shape index (κ3) is 4.17. The molecular weight excluding hydrogens is 256 g/mol. The number of methoxy groups -OCH3 is 2. The summed E-state index contributed by atoms with van der Waals surface area (Å²) in [4.78, 5) is 9.93. The summed E-state index contributed by atoms with van der Waals surface area (Å²) >= 11 is 1.25. The number of hydrogen-bond acceptors (Lipinski definition) is 6. The van der Waals surface area contributed by atoms with E-state index in [0.717, 1.165) is 6.20 Å². The van der Waals surface area contributed by atoms with Gasteiger partial charge in [0.05, 0.1) is 19.1 Å². The number of rotatable bonds is 6. The SMILES string of the molecule is COc1cc(N/C(=C/[N+](=O)[O-])SC)cc(OC)c1. The summed E-state index contributed by atoms with van der Waals surface area (Å²) in [6, 6.07) is 5.18. The molecule has 0 saturated heterocycles. The zero-order chi connectivity index (χ0) is 13.5. The lowest BCUT2D eigenvalue weighted by atomic mass is 10.3. The molecule has 0 fully saturated rings. The van der Waals surface area contributed by atoms with Crippen LogP contribution in [-0.4, -0.2) is 25.4 Å². The summed E-state index contributed by atoms with van der Waals surface area (Å²) in [5.41, 5.74) is 0.661. The van der Waals surface area contributed by atoms with E-state index in [9.17, 15) is 10.1 Å². The fourth-order valence-corrected chi connectivity index (χ4v) is 1.67. The molecule has 98 valence electrons. The van der Waals surface area contributed by atoms with Gasteiger partial charge in [-0.2, -0.15) is 0 Å². The molecule has 1 aromatic rings. The van der Waals surface area contributed by atoms with Crippen molar-refractivity contribution in [2.24, 2.45) is 0 Å². The van der Waals surface area contributed by atoms with Crippen LogP contribution in [0.5, 0.6) is 11.5 Å². The van der Waals surface area contributed by atoms with E-state index in [2.05, 4.69) is 5.32 Å². The van der Waals surface area contributed by atoms with Crippen molar-refractivity contribution in [1.82, 2.24) is 0 Å². The summed E-state index contributed by atoms with van der Waals surface area (Å²) in [5, 5.41) is 13.8. The van der Waals surface area contributed by atoms with E-state index in [1.807, 2.05) is 0 Å². The number of nitro groups is 1. The molecule has 0 spiro atoms. The molecule has 0 aliphatic rings. The summed E-state index contributed by atoms with van der Waals surface area (Å²) in [5.74, 6) is 1.22. The van der Waals surface area contributed by atoms with Crippen LogP contribution in [0, 0.1) is 10.1 Å². The van der Waals surface area contributed by atoms with Gasteiger partial charge in [-0.3, -0.25) is 10.1 Å². The Morgan fingerprint density at radius 1 is 1.33 bits per heavy atom. The van der Waals surface area contributed by atoms with Crippen LogP contribution >= 0.6 is 11.8 Å². The molecule has 0 amide bonds. The second-order valence-corrected chi connectivity index (χ2v) is 4.06. The largest absolute Gasteiger partial charge is 0.497 e. The Hall–Kier alpha value is -1.89. The topological polar surface area (TPSA) is 73.6 Å². The van der Waals surface area contributed by atoms with Crippen molar-refractivity contribution in [2.75, 3.05) is 25.8 Å². The second kappa shape index (κ2) is 6.75. The van der Waals surface area contributed by atoms with Crippen LogP contribution in [0.2, 0.25) is 0 Å². The van der Waals surface area contributed by atoms with Crippen molar-refractivity contribution in [2.45, 2.75) is 0 Å². The van der Waals surface area contributed by atoms with Crippen LogP contribution < -0.4 is 14.8 Å². The van der Waals surface area contributed by atoms with E-state index in [4.69, 9.17) is 9.47 Å². The zero-order valence-corrected chi connectivity index (χ0v) is 11.1. The molecule has 0 aliphatic heterocycles. The van der Waals surface area contributed by atoms with Gasteiger partial charge in [-0.25, -0.2) is 0 Å². The normalized spacial score (nSPS) is 10.9. The van der Waals surface area contributed by atoms with Gasteiger partial charge in [-0.1, -0.05) is 0 Å². The first-order valence-corrected chi connectivity index (χ1v) is 6.21. The van der Waals surface area contributed by atoms with E-state index >= 15 is 0 Å². The van der Waals surface area contributed by atoms with Crippen molar-refractivity contribution in [3.05, 3.63) is 39.5 Å². The highest BCUT2D eigenvalue weighted by Crippen LogP contribution is 2.27. The van der Waals surface area contributed by atoms with Gasteiger partial charge in [0.2, 0.25) is 0 Å². The van der Waals surface area contributed by atoms with Gasteiger partial charge in [-0.15, -0.1) is 11.8 Å². The van der Waals surface area contributed by atoms with Crippen LogP contribution in [-0.2, 0) is 0 Å². The molecule has 0 atom stereocenters. The minimum absolute atomic E-state index is 0.426. The quantitative estimate of drug-likeness (QED) is 0.632. The minimum Gasteiger partial charge on any atom is -0.497 e. The Balaban J connectivity index is 2.98. The smallest absolute Gasteiger partial charge is 0.264 e. The van der Waals surface area contributed by atoms with E-state index < -0.39 is 4.92 Å². The van der Waals surface area contributed by atoms with Gasteiger partial charge >= 0.3 is 0 Å². The molecule has 18 heavy (non-hydrogen) atoms. The molecule has 0 unspecified atom stereocenters. The van der Waals surface area contributed by atoms with E-state index in [1.165, 1.54) is 11.8 Å². The van der Waals surface area contributed by atoms with E-state index in [1.54, 1.807) is 38.7 Å². The molecule has 0 heterocycles. The molecule has 0 radical (unpaired) electrons. The fourth-order valence-electron chi connectivity index (χ4n) is 1.25. The highest BCUT2D eigenvalue weighted by Gasteiger charge is 2.06. The zero-order valence-electron chi connectivity index (χ0n) is 10.3. The molecule has 6 nitrogen and oxygen atoms in total. The van der Waals surface area contributed by atoms with Gasteiger partial charge in [0.25, 0.3) is 6.20 Å². The van der Waals surface area contributed by atoms with Crippen molar-refractivity contribution >= 4 is 17.4 Å². The predicted octanol–water partition coefficient (Wildman–Crippen LogP) is 2.55. The van der Waals surface area contributed by atoms with Gasteiger partial charge in [-0.05, 0) is 6.26 Å². The summed E-state index contributed by atoms with van der Waals surface area (Å²) in [7, 11) is 3.09. The number of nitrogens with zero attached hydrogens (tertiary/aromatic N) is 1. The maximum Gasteiger partial charge on any atom is 0.264 e. The van der Waals surface area contributed by atoms with Gasteiger partial charge < -0.3 is 14.8 Å². The lowest BCUT2D eigenvalue weighted by Gasteiger charge is -2.10. The third-order valence-corrected chi connectivity index (χ3v) is 2.71. The molecule has 0 aromatic heterocycles. The molecule has 1 rings (SSSR count). The van der Waals surface area contributed by atoms with Gasteiger partial charge in [0.15, 0.2) is 0 Å². The molecule has 7 heteroatoms. The van der Waals surface area contributed by atoms with Crippen molar-refractivity contribution in [3.63, 3.8) is 0 Å². The molecular formula is C11H14N2O4S. The lowest BCUT2D eigenvalue weighted by Crippen LogP contribution is -2.00. The number of hydrogen-bond donors (Lipinski definition) is 1. The maximum atomic E-state index is 10.4. The standard InChI is InChI=1S/C11H14N2O4S/c1-16-9-4-8(5-10(6-9)17-2)12-11(18-3)7-13(14)15/h4-7,12H,1-3H3/b11-7-. The second-order valence-electron chi connectivity index (χ2n) is 3.21. The number of benzene rings is 1. The van der Waals surface area contributed by atoms with E-state index in [-0.39, 0.29) is 0 Å². The molecule has 1 N–H and O–H groups in total. The lowest BCUT2D eigenvalue weighted by molar-refractivity contribution is -0.402. The average molecular weight is 270 g/mol. The highest BCUT2D eigenvalue weighted by molar-refractivity contribution is 8.02. The summed E-state index contributed by atoms with van der Waals surface area (Å²) in [6.45, 7) is 0. The maximum absolute atomic E-state index is 10.4. The Labute approximate surface area is 109 Å². The average Bonchev–Trinajstić information content (AvgIpc) is 2.36. The Morgan fingerprint density at radius 3 is 2.28 bits per heavy atom. The molecule has 0 saturated carbocycles. The van der Waals surface area contributed by atoms with Crippen molar-refractivity contribution in [1.29, 1.82) is 0 Å². The Bertz CT molecular complexity index is 440. The van der Waals surface area contributed by atoms with Crippen molar-refractivity contribution in [3.8, 4) is 11.5 Å². The molecule has 0 bridgehead atoms. The molecule has 0 aliphatic carbocycles. The number of anilines is 1. The van der Waals surface area contributed by atoms with Crippen LogP contribution in [0.4, 0.5) is 5.69 Å². The van der Waals surface area contributed by atoms with Crippen molar-refractivity contribution < 1.29 is 14.4 Å². The Kier molecular flexibility index (Phi) is 5.31. The van der Waals surface area contributed by atoms with Crippen LogP contribution in [0.25, 0.3) is 0 Å². The number of thioether (sulfide) groups is 1. The highest BCUT2D eigenvalue weighted by atomic mass is 32.2. The van der Waals surface area contributed by atoms with E-state index in [0.29, 0.717) is 22.2 Å². The minimum atomic E-state index is -0.504. The third-order valence-electron chi connectivity index (χ3n) is 2.06. The number of nitrogens with one attached hydrogen (secondary N) is 1. The first-order chi connectivity index (χ1) is 8.58. The van der Waals surface area contributed by atoms with Crippen LogP contribution in [0.15, 0.2) is 29.4 Å². The fraction of sp³-hybridized carbons (Fsp3) is 0.273. The van der Waals surface area contributed by atoms with Crippen LogP contribution in [0.1, 0.15) is 0 Å². The van der Waals surface area contributed by atoms with Gasteiger partial charge in [0.1, 0.15) is 16.5 Å². The Morgan fingerprint density at radius 2 is 1.89 bits per heavy atom. The summed E-state index contributed by atoms with van der Waals surface area (Å²) < 4.78 is 10.2. The monoisotopic (exact) mass is 270 g/mol. The number of ether oxygens (including phenoxy) is 2. The first kappa shape index (κ1) is 14.2. The first-order valence-electron chi connectivity index (χ1n) is 4.98. The van der Waals surface area contributed by atoms with Crippen LogP contribution in [0.3, 0.4) is 0 Å². The predicted molar refractivity (Wildman–Crippen MR) is 71.8 cm³/mol.